The van der Waals surface area contributed by atoms with Crippen LogP contribution >= 0.6 is 0 Å². The first-order chi connectivity index (χ1) is 14.5. The summed E-state index contributed by atoms with van der Waals surface area (Å²) in [6.07, 6.45) is 0. The summed E-state index contributed by atoms with van der Waals surface area (Å²) in [6, 6.07) is 18.3. The van der Waals surface area contributed by atoms with E-state index in [1.54, 1.807) is 24.3 Å². The van der Waals surface area contributed by atoms with Gasteiger partial charge in [0.15, 0.2) is 11.5 Å². The number of ether oxygens (including phenoxy) is 2. The minimum absolute atomic E-state index is 0.0556. The second-order valence-corrected chi connectivity index (χ2v) is 7.00. The number of rotatable bonds is 9. The van der Waals surface area contributed by atoms with E-state index in [4.69, 9.17) is 9.47 Å². The van der Waals surface area contributed by atoms with Crippen molar-refractivity contribution in [3.05, 3.63) is 95.1 Å². The van der Waals surface area contributed by atoms with Gasteiger partial charge in [-0.05, 0) is 73.9 Å². The van der Waals surface area contributed by atoms with Crippen LogP contribution < -0.4 is 14.8 Å². The Morgan fingerprint density at radius 1 is 0.700 bits per heavy atom. The monoisotopic (exact) mass is 411 g/mol. The van der Waals surface area contributed by atoms with Crippen LogP contribution in [0.15, 0.2) is 66.7 Å². The molecule has 0 fully saturated rings. The lowest BCUT2D eigenvalue weighted by Crippen LogP contribution is -2.25. The minimum atomic E-state index is -0.294. The summed E-state index contributed by atoms with van der Waals surface area (Å²) >= 11 is 0. The Kier molecular flexibility index (Phi) is 7.41. The van der Waals surface area contributed by atoms with E-state index in [1.807, 2.05) is 39.0 Å². The Labute approximate surface area is 176 Å². The molecule has 0 saturated carbocycles. The van der Waals surface area contributed by atoms with Crippen molar-refractivity contribution in [1.29, 1.82) is 0 Å². The summed E-state index contributed by atoms with van der Waals surface area (Å²) in [6.45, 7) is 7.02. The van der Waals surface area contributed by atoms with Crippen molar-refractivity contribution < 1.29 is 18.3 Å². The van der Waals surface area contributed by atoms with Gasteiger partial charge in [0.2, 0.25) is 0 Å². The van der Waals surface area contributed by atoms with Crippen LogP contribution in [0.2, 0.25) is 0 Å². The zero-order chi connectivity index (χ0) is 21.5. The third kappa shape index (κ3) is 5.36. The second kappa shape index (κ2) is 10.2. The van der Waals surface area contributed by atoms with Crippen molar-refractivity contribution in [1.82, 2.24) is 5.32 Å². The summed E-state index contributed by atoms with van der Waals surface area (Å²) < 4.78 is 38.3. The molecule has 0 aliphatic carbocycles. The van der Waals surface area contributed by atoms with Crippen molar-refractivity contribution >= 4 is 0 Å². The number of benzene rings is 3. The lowest BCUT2D eigenvalue weighted by Gasteiger charge is -2.25. The molecule has 30 heavy (non-hydrogen) atoms. The molecular weight excluding hydrogens is 384 g/mol. The average molecular weight is 411 g/mol. The van der Waals surface area contributed by atoms with Crippen molar-refractivity contribution in [2.45, 2.75) is 32.9 Å². The van der Waals surface area contributed by atoms with E-state index in [1.165, 1.54) is 24.3 Å². The molecule has 3 nitrogen and oxygen atoms in total. The molecule has 0 spiro atoms. The zero-order valence-electron chi connectivity index (χ0n) is 17.5. The Bertz CT molecular complexity index is 897. The molecule has 5 heteroatoms. The lowest BCUT2D eigenvalue weighted by molar-refractivity contribution is 0.287. The van der Waals surface area contributed by atoms with Gasteiger partial charge in [-0.3, -0.25) is 5.32 Å². The first kappa shape index (κ1) is 21.8. The average Bonchev–Trinajstić information content (AvgIpc) is 2.75. The highest BCUT2D eigenvalue weighted by Crippen LogP contribution is 2.32. The summed E-state index contributed by atoms with van der Waals surface area (Å²) in [5, 5.41) is 3.58. The molecular formula is C25H27F2NO2. The maximum atomic E-state index is 13.5. The number of hydrogen-bond acceptors (Lipinski definition) is 3. The van der Waals surface area contributed by atoms with Gasteiger partial charge in [-0.1, -0.05) is 30.3 Å². The first-order valence-corrected chi connectivity index (χ1v) is 10.2. The van der Waals surface area contributed by atoms with Gasteiger partial charge in [-0.2, -0.15) is 0 Å². The van der Waals surface area contributed by atoms with E-state index in [-0.39, 0.29) is 23.7 Å². The van der Waals surface area contributed by atoms with Crippen molar-refractivity contribution in [3.63, 3.8) is 0 Å². The third-order valence-electron chi connectivity index (χ3n) is 4.89. The molecule has 0 aromatic heterocycles. The van der Waals surface area contributed by atoms with E-state index in [0.717, 1.165) is 16.7 Å². The fourth-order valence-corrected chi connectivity index (χ4v) is 3.38. The molecule has 0 radical (unpaired) electrons. The molecule has 0 unspecified atom stereocenters. The van der Waals surface area contributed by atoms with Gasteiger partial charge in [0, 0.05) is 6.04 Å². The fraction of sp³-hybridized carbons (Fsp3) is 0.280. The summed E-state index contributed by atoms with van der Waals surface area (Å²) in [5.41, 5.74) is 2.81. The number of halogens is 2. The van der Waals surface area contributed by atoms with E-state index in [2.05, 4.69) is 5.32 Å². The molecule has 0 aliphatic heterocycles. The Balaban J connectivity index is 1.91. The van der Waals surface area contributed by atoms with Crippen molar-refractivity contribution in [3.8, 4) is 11.5 Å². The molecule has 3 aromatic rings. The van der Waals surface area contributed by atoms with Crippen molar-refractivity contribution in [2.24, 2.45) is 0 Å². The van der Waals surface area contributed by atoms with Crippen LogP contribution in [-0.4, -0.2) is 13.2 Å². The van der Waals surface area contributed by atoms with Gasteiger partial charge >= 0.3 is 0 Å². The van der Waals surface area contributed by atoms with Gasteiger partial charge in [0.25, 0.3) is 0 Å². The number of hydrogen-bond donors (Lipinski definition) is 1. The van der Waals surface area contributed by atoms with E-state index >= 15 is 0 Å². The molecule has 1 atom stereocenters. The highest BCUT2D eigenvalue weighted by molar-refractivity contribution is 5.44. The smallest absolute Gasteiger partial charge is 0.161 e. The van der Waals surface area contributed by atoms with Gasteiger partial charge < -0.3 is 9.47 Å². The SMILES string of the molecule is CCOc1ccc([C@@H](C)NC(c2ccc(F)cc2)c2ccc(F)cc2)cc1OCC. The molecule has 0 saturated heterocycles. The zero-order valence-corrected chi connectivity index (χ0v) is 17.5. The van der Waals surface area contributed by atoms with Crippen LogP contribution in [0.3, 0.4) is 0 Å². The standard InChI is InChI=1S/C25H27F2NO2/c1-4-29-23-15-10-20(16-24(23)30-5-2)17(3)28-25(18-6-11-21(26)12-7-18)19-8-13-22(27)14-9-19/h6-17,25,28H,4-5H2,1-3H3/t17-/m1/s1. The quantitative estimate of drug-likeness (QED) is 0.455. The van der Waals surface area contributed by atoms with Crippen LogP contribution in [0.1, 0.15) is 49.5 Å². The fourth-order valence-electron chi connectivity index (χ4n) is 3.38. The molecule has 3 rings (SSSR count). The Morgan fingerprint density at radius 2 is 1.17 bits per heavy atom. The minimum Gasteiger partial charge on any atom is -0.490 e. The van der Waals surface area contributed by atoms with Crippen LogP contribution in [0.5, 0.6) is 11.5 Å². The van der Waals surface area contributed by atoms with E-state index in [9.17, 15) is 8.78 Å². The highest BCUT2D eigenvalue weighted by Gasteiger charge is 2.19. The Morgan fingerprint density at radius 3 is 1.67 bits per heavy atom. The predicted octanol–water partition coefficient (Wildman–Crippen LogP) is 6.20. The highest BCUT2D eigenvalue weighted by atomic mass is 19.1. The molecule has 0 heterocycles. The van der Waals surface area contributed by atoms with Gasteiger partial charge in [-0.15, -0.1) is 0 Å². The molecule has 3 aromatic carbocycles. The number of nitrogens with one attached hydrogen (secondary N) is 1. The summed E-state index contributed by atoms with van der Waals surface area (Å²) in [7, 11) is 0. The predicted molar refractivity (Wildman–Crippen MR) is 115 cm³/mol. The topological polar surface area (TPSA) is 30.5 Å². The van der Waals surface area contributed by atoms with Crippen LogP contribution in [0, 0.1) is 11.6 Å². The second-order valence-electron chi connectivity index (χ2n) is 7.00. The van der Waals surface area contributed by atoms with Gasteiger partial charge in [-0.25, -0.2) is 8.78 Å². The first-order valence-electron chi connectivity index (χ1n) is 10.2. The van der Waals surface area contributed by atoms with Crippen LogP contribution in [0.25, 0.3) is 0 Å². The van der Waals surface area contributed by atoms with Gasteiger partial charge in [0.05, 0.1) is 19.3 Å². The normalized spacial score (nSPS) is 12.1. The molecule has 1 N–H and O–H groups in total. The van der Waals surface area contributed by atoms with E-state index in [0.29, 0.717) is 24.7 Å². The summed E-state index contributed by atoms with van der Waals surface area (Å²) in [4.78, 5) is 0. The molecule has 0 bridgehead atoms. The Hall–Kier alpha value is -2.92. The third-order valence-corrected chi connectivity index (χ3v) is 4.89. The largest absolute Gasteiger partial charge is 0.490 e. The van der Waals surface area contributed by atoms with E-state index < -0.39 is 0 Å². The lowest BCUT2D eigenvalue weighted by atomic mass is 9.96. The molecule has 0 aliphatic rings. The van der Waals surface area contributed by atoms with Crippen LogP contribution in [0.4, 0.5) is 8.78 Å². The maximum Gasteiger partial charge on any atom is 0.161 e. The molecule has 158 valence electrons. The van der Waals surface area contributed by atoms with Gasteiger partial charge in [0.1, 0.15) is 11.6 Å². The maximum absolute atomic E-state index is 13.5. The summed E-state index contributed by atoms with van der Waals surface area (Å²) in [5.74, 6) is 0.824. The van der Waals surface area contributed by atoms with Crippen molar-refractivity contribution in [2.75, 3.05) is 13.2 Å². The molecule has 0 amide bonds. The van der Waals surface area contributed by atoms with Crippen LogP contribution in [-0.2, 0) is 0 Å².